The van der Waals surface area contributed by atoms with Gasteiger partial charge in [-0.1, -0.05) is 96.9 Å². The highest BCUT2D eigenvalue weighted by Crippen LogP contribution is 2.35. The van der Waals surface area contributed by atoms with Crippen LogP contribution >= 0.6 is 0 Å². The summed E-state index contributed by atoms with van der Waals surface area (Å²) in [4.78, 5) is 0. The van der Waals surface area contributed by atoms with Crippen molar-refractivity contribution in [3.05, 3.63) is 152 Å². The summed E-state index contributed by atoms with van der Waals surface area (Å²) in [6, 6.07) is 37.2. The van der Waals surface area contributed by atoms with E-state index in [4.69, 9.17) is 0 Å². The summed E-state index contributed by atoms with van der Waals surface area (Å²) < 4.78 is 9.84. The Morgan fingerprint density at radius 1 is 0.487 bits per heavy atom. The smallest absolute Gasteiger partial charge is 0.388 e. The van der Waals surface area contributed by atoms with E-state index in [9.17, 15) is 0 Å². The van der Waals surface area contributed by atoms with Crippen molar-refractivity contribution in [3.63, 3.8) is 0 Å². The highest BCUT2D eigenvalue weighted by Gasteiger charge is 2.51. The monoisotopic (exact) mass is 498 g/mol. The number of rotatable bonds is 3. The van der Waals surface area contributed by atoms with Crippen molar-refractivity contribution in [1.29, 1.82) is 0 Å². The van der Waals surface area contributed by atoms with E-state index in [-0.39, 0.29) is 20.9 Å². The van der Waals surface area contributed by atoms with Crippen LogP contribution in [0, 0.1) is 0 Å². The van der Waals surface area contributed by atoms with Crippen molar-refractivity contribution in [3.8, 4) is 5.69 Å². The molecule has 0 saturated carbocycles. The number of allylic oxidation sites excluding steroid dienone is 4. The van der Waals surface area contributed by atoms with E-state index in [1.807, 2.05) is 0 Å². The fourth-order valence-corrected chi connectivity index (χ4v) is 6.50. The Labute approximate surface area is 229 Å². The minimum absolute atomic E-state index is 0.0750. The molecule has 4 aromatic carbocycles. The number of hydrogen-bond acceptors (Lipinski definition) is 3. The molecule has 0 amide bonds. The van der Waals surface area contributed by atoms with E-state index in [1.165, 1.54) is 38.6 Å². The Morgan fingerprint density at radius 3 is 1.69 bits per heavy atom. The number of aromatic nitrogens is 1. The van der Waals surface area contributed by atoms with Crippen LogP contribution < -0.4 is 10.2 Å². The van der Waals surface area contributed by atoms with E-state index in [2.05, 4.69) is 171 Å². The molecule has 8 rings (SSSR count). The van der Waals surface area contributed by atoms with Crippen LogP contribution in [0.2, 0.25) is 0 Å². The summed E-state index contributed by atoms with van der Waals surface area (Å²) in [7, 11) is 0. The first-order valence-electron chi connectivity index (χ1n) is 13.6. The van der Waals surface area contributed by atoms with Crippen molar-refractivity contribution < 1.29 is 0 Å². The second kappa shape index (κ2) is 8.92. The van der Waals surface area contributed by atoms with Crippen molar-refractivity contribution >= 4 is 53.9 Å². The molecule has 0 unspecified atom stereocenters. The molecule has 3 aliphatic heterocycles. The molecule has 1 saturated heterocycles. The van der Waals surface area contributed by atoms with E-state index >= 15 is 0 Å². The third-order valence-corrected chi connectivity index (χ3v) is 8.11. The van der Waals surface area contributed by atoms with Gasteiger partial charge in [0.1, 0.15) is 0 Å². The molecule has 4 nitrogen and oxygen atoms in total. The third-order valence-electron chi connectivity index (χ3n) is 8.11. The first kappa shape index (κ1) is 22.2. The van der Waals surface area contributed by atoms with E-state index in [1.54, 1.807) is 0 Å². The molecule has 0 spiro atoms. The largest absolute Gasteiger partial charge is 0.423 e. The molecule has 3 aliphatic rings. The lowest BCUT2D eigenvalue weighted by Crippen LogP contribution is -2.78. The lowest BCUT2D eigenvalue weighted by molar-refractivity contribution is 0.729. The van der Waals surface area contributed by atoms with Crippen LogP contribution in [0.3, 0.4) is 0 Å². The Kier molecular flexibility index (Phi) is 5.08. The molecule has 0 atom stereocenters. The summed E-state index contributed by atoms with van der Waals surface area (Å²) in [5, 5.41) is 2.56. The zero-order valence-corrected chi connectivity index (χ0v) is 21.5. The second-order valence-corrected chi connectivity index (χ2v) is 10.3. The zero-order valence-electron chi connectivity index (χ0n) is 21.5. The SMILES string of the molecule is C1=CB2N(C=C1)B(c1ccccc1)N1C=CC=CB1N2c1cccc(-n2c3ccccc3c3ccccc32)c1. The fraction of sp³-hybridized carbons (Fsp3) is 0. The van der Waals surface area contributed by atoms with Gasteiger partial charge >= 0.3 is 20.9 Å². The molecular formula is C32H25B3N4. The van der Waals surface area contributed by atoms with Crippen LogP contribution in [0.1, 0.15) is 0 Å². The van der Waals surface area contributed by atoms with Gasteiger partial charge in [0.2, 0.25) is 0 Å². The fourth-order valence-electron chi connectivity index (χ4n) is 6.50. The predicted molar refractivity (Wildman–Crippen MR) is 167 cm³/mol. The summed E-state index contributed by atoms with van der Waals surface area (Å²) in [5.41, 5.74) is 6.08. The Balaban J connectivity index is 1.29. The second-order valence-electron chi connectivity index (χ2n) is 10.3. The average molecular weight is 498 g/mol. The molecule has 0 bridgehead atoms. The van der Waals surface area contributed by atoms with Gasteiger partial charge < -0.3 is 18.7 Å². The van der Waals surface area contributed by atoms with E-state index in [0.717, 1.165) is 0 Å². The molecular weight excluding hydrogens is 473 g/mol. The van der Waals surface area contributed by atoms with Crippen molar-refractivity contribution in [2.24, 2.45) is 0 Å². The predicted octanol–water partition coefficient (Wildman–Crippen LogP) is 5.82. The Hall–Kier alpha value is -4.77. The Bertz CT molecular complexity index is 1730. The minimum Gasteiger partial charge on any atom is -0.423 e. The van der Waals surface area contributed by atoms with Gasteiger partial charge in [-0.15, -0.1) is 0 Å². The van der Waals surface area contributed by atoms with Gasteiger partial charge in [0.15, 0.2) is 0 Å². The van der Waals surface area contributed by atoms with Gasteiger partial charge in [-0.2, -0.15) is 0 Å². The molecule has 182 valence electrons. The number of anilines is 1. The molecule has 0 radical (unpaired) electrons. The maximum atomic E-state index is 2.52. The van der Waals surface area contributed by atoms with Crippen molar-refractivity contribution in [2.75, 3.05) is 4.72 Å². The molecule has 39 heavy (non-hydrogen) atoms. The lowest BCUT2D eigenvalue weighted by Gasteiger charge is -2.54. The zero-order chi connectivity index (χ0) is 25.8. The minimum atomic E-state index is 0.0750. The molecule has 5 aromatic rings. The highest BCUT2D eigenvalue weighted by molar-refractivity contribution is 7.00. The third kappa shape index (κ3) is 3.43. The maximum Gasteiger partial charge on any atom is 0.388 e. The normalized spacial score (nSPS) is 16.0. The topological polar surface area (TPSA) is 14.7 Å². The average Bonchev–Trinajstić information content (AvgIpc) is 3.35. The van der Waals surface area contributed by atoms with Crippen LogP contribution in [-0.4, -0.2) is 35.0 Å². The van der Waals surface area contributed by atoms with Gasteiger partial charge in [0, 0.05) is 22.1 Å². The van der Waals surface area contributed by atoms with Gasteiger partial charge in [-0.3, -0.25) is 0 Å². The quantitative estimate of drug-likeness (QED) is 0.292. The van der Waals surface area contributed by atoms with Crippen molar-refractivity contribution in [1.82, 2.24) is 14.0 Å². The van der Waals surface area contributed by atoms with Crippen LogP contribution in [0.25, 0.3) is 27.5 Å². The molecule has 0 aliphatic carbocycles. The van der Waals surface area contributed by atoms with Crippen LogP contribution in [0.5, 0.6) is 0 Å². The van der Waals surface area contributed by atoms with Gasteiger partial charge in [0.05, 0.1) is 11.0 Å². The maximum absolute atomic E-state index is 2.52. The summed E-state index contributed by atoms with van der Waals surface area (Å²) in [6.45, 7) is 0.248. The Morgan fingerprint density at radius 2 is 1.05 bits per heavy atom. The number of nitrogens with zero attached hydrogens (tertiary/aromatic N) is 4. The molecule has 1 aromatic heterocycles. The standard InChI is InChI=1S/C32H25B3N4/c1-2-13-26(14-3-1)35-36-23-10-8-21-33(36)39(34-22-9-11-24-37(34)35)28-16-12-15-27(25-28)38-31-19-6-4-17-29(31)30-18-5-7-20-32(30)38/h1-25H. The molecule has 0 N–H and O–H groups in total. The molecule has 4 heterocycles. The lowest BCUT2D eigenvalue weighted by atomic mass is 9.40. The van der Waals surface area contributed by atoms with Gasteiger partial charge in [-0.05, 0) is 60.3 Å². The summed E-state index contributed by atoms with van der Waals surface area (Å²) in [5.74, 6) is 4.62. The van der Waals surface area contributed by atoms with E-state index < -0.39 is 0 Å². The number of benzene rings is 4. The summed E-state index contributed by atoms with van der Waals surface area (Å²) in [6.07, 6.45) is 13.1. The van der Waals surface area contributed by atoms with Gasteiger partial charge in [-0.25, -0.2) is 0 Å². The number of fused-ring (bicyclic) bond motifs is 5. The van der Waals surface area contributed by atoms with Crippen LogP contribution in [0.15, 0.2) is 152 Å². The summed E-state index contributed by atoms with van der Waals surface area (Å²) >= 11 is 0. The van der Waals surface area contributed by atoms with Crippen LogP contribution in [0.4, 0.5) is 5.69 Å². The number of para-hydroxylation sites is 2. The first-order valence-corrected chi connectivity index (χ1v) is 13.6. The van der Waals surface area contributed by atoms with E-state index in [0.29, 0.717) is 0 Å². The first-order chi connectivity index (χ1) is 19.4. The molecule has 1 fully saturated rings. The highest BCUT2D eigenvalue weighted by atomic mass is 15.3. The number of hydrogen-bond donors (Lipinski definition) is 0. The van der Waals surface area contributed by atoms with Gasteiger partial charge in [0.25, 0.3) is 0 Å². The van der Waals surface area contributed by atoms with Crippen LogP contribution in [-0.2, 0) is 0 Å². The van der Waals surface area contributed by atoms with Crippen molar-refractivity contribution in [2.45, 2.75) is 0 Å². The molecule has 7 heteroatoms.